The van der Waals surface area contributed by atoms with E-state index >= 15 is 0 Å². The average Bonchev–Trinajstić information content (AvgIpc) is 2.30. The van der Waals surface area contributed by atoms with E-state index in [-0.39, 0.29) is 5.56 Å². The fraction of sp³-hybridized carbons (Fsp3) is 0.400. The fourth-order valence-electron chi connectivity index (χ4n) is 1.27. The summed E-state index contributed by atoms with van der Waals surface area (Å²) in [5.74, 6) is -1.82. The number of rotatable bonds is 4. The van der Waals surface area contributed by atoms with Gasteiger partial charge < -0.3 is 9.47 Å². The predicted molar refractivity (Wildman–Crippen MR) is 54.3 cm³/mol. The molecule has 1 heterocycles. The molecule has 0 saturated carbocycles. The van der Waals surface area contributed by atoms with Crippen LogP contribution in [-0.2, 0) is 22.6 Å². The molecule has 1 N–H and O–H groups in total. The van der Waals surface area contributed by atoms with E-state index in [1.807, 2.05) is 0 Å². The minimum Gasteiger partial charge on any atom is -0.469 e. The van der Waals surface area contributed by atoms with E-state index in [9.17, 15) is 27.2 Å². The molecule has 19 heavy (non-hydrogen) atoms. The molecule has 0 radical (unpaired) electrons. The maximum Gasteiger partial charge on any atom is 0.574 e. The number of methoxy groups -OCH3 is 1. The lowest BCUT2D eigenvalue weighted by atomic mass is 10.1. The quantitative estimate of drug-likeness (QED) is 0.671. The van der Waals surface area contributed by atoms with Gasteiger partial charge >= 0.3 is 12.3 Å². The van der Waals surface area contributed by atoms with Gasteiger partial charge in [-0.25, -0.2) is 4.39 Å². The smallest absolute Gasteiger partial charge is 0.469 e. The lowest BCUT2D eigenvalue weighted by molar-refractivity contribution is -0.276. The van der Waals surface area contributed by atoms with E-state index in [4.69, 9.17) is 0 Å². The van der Waals surface area contributed by atoms with Gasteiger partial charge in [0.25, 0.3) is 5.56 Å². The van der Waals surface area contributed by atoms with Crippen molar-refractivity contribution in [2.45, 2.75) is 19.5 Å². The lowest BCUT2D eigenvalue weighted by Crippen LogP contribution is -2.23. The SMILES string of the molecule is COC(=O)Cc1cc(CF)c(=O)[nH]c1OC(F)(F)F. The summed E-state index contributed by atoms with van der Waals surface area (Å²) in [4.78, 5) is 24.0. The Labute approximate surface area is 104 Å². The van der Waals surface area contributed by atoms with Crippen molar-refractivity contribution in [2.75, 3.05) is 7.11 Å². The van der Waals surface area contributed by atoms with E-state index in [1.165, 1.54) is 0 Å². The number of aromatic amines is 1. The third-order valence-corrected chi connectivity index (χ3v) is 2.08. The highest BCUT2D eigenvalue weighted by Crippen LogP contribution is 2.24. The molecular formula is C10H9F4NO4. The van der Waals surface area contributed by atoms with Gasteiger partial charge in [-0.05, 0) is 6.07 Å². The minimum absolute atomic E-state index is 0.323. The molecule has 0 saturated heterocycles. The number of H-pyrrole nitrogens is 1. The Morgan fingerprint density at radius 1 is 1.37 bits per heavy atom. The van der Waals surface area contributed by atoms with Crippen LogP contribution in [0.15, 0.2) is 10.9 Å². The van der Waals surface area contributed by atoms with E-state index in [2.05, 4.69) is 9.47 Å². The molecule has 5 nitrogen and oxygen atoms in total. The fourth-order valence-corrected chi connectivity index (χ4v) is 1.27. The highest BCUT2D eigenvalue weighted by molar-refractivity contribution is 5.73. The molecule has 1 aromatic rings. The monoisotopic (exact) mass is 283 g/mol. The molecule has 0 bridgehead atoms. The second kappa shape index (κ2) is 5.72. The number of carbonyl (C=O) groups is 1. The number of ether oxygens (including phenoxy) is 2. The van der Waals surface area contributed by atoms with Gasteiger partial charge in [-0.2, -0.15) is 0 Å². The molecular weight excluding hydrogens is 274 g/mol. The maximum absolute atomic E-state index is 12.5. The highest BCUT2D eigenvalue weighted by Gasteiger charge is 2.33. The second-order valence-electron chi connectivity index (χ2n) is 3.41. The molecule has 1 aromatic heterocycles. The van der Waals surface area contributed by atoms with E-state index in [1.54, 1.807) is 4.98 Å². The topological polar surface area (TPSA) is 68.4 Å². The molecule has 0 atom stereocenters. The number of halogens is 4. The van der Waals surface area contributed by atoms with Gasteiger partial charge in [0.1, 0.15) is 6.67 Å². The van der Waals surface area contributed by atoms with Gasteiger partial charge in [0.15, 0.2) is 0 Å². The van der Waals surface area contributed by atoms with Gasteiger partial charge in [-0.1, -0.05) is 0 Å². The molecule has 0 fully saturated rings. The number of carbonyl (C=O) groups excluding carboxylic acids is 1. The Balaban J connectivity index is 3.22. The van der Waals surface area contributed by atoms with Crippen molar-refractivity contribution >= 4 is 5.97 Å². The van der Waals surface area contributed by atoms with Crippen LogP contribution in [0.1, 0.15) is 11.1 Å². The minimum atomic E-state index is -5.05. The summed E-state index contributed by atoms with van der Waals surface area (Å²) in [5, 5.41) is 0. The molecule has 0 aromatic carbocycles. The largest absolute Gasteiger partial charge is 0.574 e. The van der Waals surface area contributed by atoms with Crippen LogP contribution in [0.2, 0.25) is 0 Å². The normalized spacial score (nSPS) is 11.2. The van der Waals surface area contributed by atoms with Crippen LogP contribution in [0.3, 0.4) is 0 Å². The van der Waals surface area contributed by atoms with Crippen LogP contribution in [0.25, 0.3) is 0 Å². The van der Waals surface area contributed by atoms with Gasteiger partial charge in [-0.15, -0.1) is 13.2 Å². The van der Waals surface area contributed by atoms with Crippen molar-refractivity contribution in [1.82, 2.24) is 4.98 Å². The Morgan fingerprint density at radius 3 is 2.47 bits per heavy atom. The summed E-state index contributed by atoms with van der Waals surface area (Å²) in [7, 11) is 1.04. The first-order valence-corrected chi connectivity index (χ1v) is 4.90. The standard InChI is InChI=1S/C10H9F4NO4/c1-18-7(16)3-5-2-6(4-11)8(17)15-9(5)19-10(12,13)14/h2H,3-4H2,1H3,(H,15,17). The van der Waals surface area contributed by atoms with Gasteiger partial charge in [0.05, 0.1) is 13.5 Å². The van der Waals surface area contributed by atoms with Crippen molar-refractivity contribution in [3.63, 3.8) is 0 Å². The number of nitrogens with one attached hydrogen (secondary N) is 1. The molecule has 1 rings (SSSR count). The molecule has 0 amide bonds. The summed E-state index contributed by atoms with van der Waals surface area (Å²) in [6.45, 7) is -1.18. The van der Waals surface area contributed by atoms with Crippen molar-refractivity contribution in [3.05, 3.63) is 27.5 Å². The van der Waals surface area contributed by atoms with Crippen LogP contribution in [0.5, 0.6) is 5.88 Å². The van der Waals surface area contributed by atoms with Gasteiger partial charge in [0.2, 0.25) is 5.88 Å². The molecule has 0 unspecified atom stereocenters. The van der Waals surface area contributed by atoms with Gasteiger partial charge in [-0.3, -0.25) is 14.6 Å². The van der Waals surface area contributed by atoms with E-state index in [0.717, 1.165) is 13.2 Å². The van der Waals surface area contributed by atoms with Crippen LogP contribution in [-0.4, -0.2) is 24.4 Å². The number of hydrogen-bond donors (Lipinski definition) is 1. The molecule has 106 valence electrons. The van der Waals surface area contributed by atoms with E-state index < -0.39 is 42.4 Å². The molecule has 0 spiro atoms. The third kappa shape index (κ3) is 4.27. The second-order valence-corrected chi connectivity index (χ2v) is 3.41. The molecule has 0 aliphatic carbocycles. The zero-order valence-corrected chi connectivity index (χ0v) is 9.64. The average molecular weight is 283 g/mol. The summed E-state index contributed by atoms with van der Waals surface area (Å²) in [6.07, 6.45) is -5.64. The number of esters is 1. The molecule has 0 aliphatic rings. The third-order valence-electron chi connectivity index (χ3n) is 2.08. The summed E-state index contributed by atoms with van der Waals surface area (Å²) >= 11 is 0. The number of aromatic nitrogens is 1. The van der Waals surface area contributed by atoms with Crippen molar-refractivity contribution < 1.29 is 31.8 Å². The molecule has 0 aliphatic heterocycles. The van der Waals surface area contributed by atoms with Gasteiger partial charge in [0, 0.05) is 11.1 Å². The van der Waals surface area contributed by atoms with Crippen molar-refractivity contribution in [1.29, 1.82) is 0 Å². The Kier molecular flexibility index (Phi) is 4.52. The van der Waals surface area contributed by atoms with Crippen molar-refractivity contribution in [2.24, 2.45) is 0 Å². The first kappa shape index (κ1) is 15.0. The maximum atomic E-state index is 12.5. The van der Waals surface area contributed by atoms with Crippen LogP contribution >= 0.6 is 0 Å². The number of alkyl halides is 4. The van der Waals surface area contributed by atoms with Crippen LogP contribution < -0.4 is 10.3 Å². The van der Waals surface area contributed by atoms with Crippen LogP contribution in [0, 0.1) is 0 Å². The highest BCUT2D eigenvalue weighted by atomic mass is 19.4. The van der Waals surface area contributed by atoms with E-state index in [0.29, 0.717) is 0 Å². The predicted octanol–water partition coefficient (Wildman–Crippen LogP) is 1.46. The number of pyridine rings is 1. The summed E-state index contributed by atoms with van der Waals surface area (Å²) in [6, 6.07) is 0.830. The first-order valence-electron chi connectivity index (χ1n) is 4.90. The molecule has 9 heteroatoms. The Bertz CT molecular complexity index is 523. The summed E-state index contributed by atoms with van der Waals surface area (Å²) < 4.78 is 56.7. The van der Waals surface area contributed by atoms with Crippen molar-refractivity contribution in [3.8, 4) is 5.88 Å². The zero-order valence-electron chi connectivity index (χ0n) is 9.64. The Morgan fingerprint density at radius 2 is 2.00 bits per heavy atom. The first-order chi connectivity index (χ1) is 8.76. The zero-order chi connectivity index (χ0) is 14.6. The van der Waals surface area contributed by atoms with Crippen LogP contribution in [0.4, 0.5) is 17.6 Å². The lowest BCUT2D eigenvalue weighted by Gasteiger charge is -2.12. The number of hydrogen-bond acceptors (Lipinski definition) is 4. The summed E-state index contributed by atoms with van der Waals surface area (Å²) in [5.41, 5.74) is -1.79. The Hall–Kier alpha value is -2.06.